The highest BCUT2D eigenvalue weighted by molar-refractivity contribution is 6.36. The molecule has 0 aliphatic rings. The van der Waals surface area contributed by atoms with Crippen molar-refractivity contribution >= 4 is 34.9 Å². The topological polar surface area (TPSA) is 75.0 Å². The van der Waals surface area contributed by atoms with Gasteiger partial charge < -0.3 is 10.1 Å². The molecule has 1 aromatic carbocycles. The summed E-state index contributed by atoms with van der Waals surface area (Å²) in [6, 6.07) is 10.1. The molecule has 0 aliphatic heterocycles. The zero-order valence-electron chi connectivity index (χ0n) is 11.5. The maximum absolute atomic E-state index is 12.1. The van der Waals surface area contributed by atoms with Crippen molar-refractivity contribution < 1.29 is 9.53 Å². The van der Waals surface area contributed by atoms with Gasteiger partial charge >= 0.3 is 0 Å². The number of hydrogen-bond donors (Lipinski definition) is 1. The van der Waals surface area contributed by atoms with Crippen molar-refractivity contribution in [3.63, 3.8) is 0 Å². The van der Waals surface area contributed by atoms with E-state index in [-0.39, 0.29) is 10.8 Å². The Morgan fingerprint density at radius 3 is 2.82 bits per heavy atom. The van der Waals surface area contributed by atoms with Crippen LogP contribution in [0, 0.1) is 11.3 Å². The van der Waals surface area contributed by atoms with Crippen LogP contribution in [-0.2, 0) is 4.79 Å². The van der Waals surface area contributed by atoms with Crippen molar-refractivity contribution in [3.8, 4) is 11.8 Å². The van der Waals surface area contributed by atoms with E-state index in [1.54, 1.807) is 31.2 Å². The summed E-state index contributed by atoms with van der Waals surface area (Å²) in [5, 5.41) is 12.1. The van der Waals surface area contributed by atoms with Crippen LogP contribution in [0.1, 0.15) is 12.5 Å². The van der Waals surface area contributed by atoms with E-state index in [4.69, 9.17) is 33.2 Å². The number of benzene rings is 1. The van der Waals surface area contributed by atoms with Crippen molar-refractivity contribution in [2.75, 3.05) is 5.32 Å². The number of hydrogen-bond acceptors (Lipinski definition) is 4. The van der Waals surface area contributed by atoms with Gasteiger partial charge in [0.25, 0.3) is 5.91 Å². The third-order valence-electron chi connectivity index (χ3n) is 2.73. The van der Waals surface area contributed by atoms with Gasteiger partial charge in [-0.3, -0.25) is 4.79 Å². The lowest BCUT2D eigenvalue weighted by atomic mass is 10.2. The highest BCUT2D eigenvalue weighted by Gasteiger charge is 2.18. The van der Waals surface area contributed by atoms with Crippen molar-refractivity contribution in [1.29, 1.82) is 5.26 Å². The molecule has 1 aromatic heterocycles. The second-order valence-corrected chi connectivity index (χ2v) is 5.18. The first-order valence-electron chi connectivity index (χ1n) is 6.29. The van der Waals surface area contributed by atoms with Crippen molar-refractivity contribution in [1.82, 2.24) is 4.98 Å². The normalized spacial score (nSPS) is 11.4. The largest absolute Gasteiger partial charge is 0.480 e. The maximum Gasteiger partial charge on any atom is 0.266 e. The summed E-state index contributed by atoms with van der Waals surface area (Å²) in [7, 11) is 0. The van der Waals surface area contributed by atoms with E-state index < -0.39 is 12.0 Å². The van der Waals surface area contributed by atoms with E-state index in [9.17, 15) is 4.79 Å². The number of halogens is 2. The summed E-state index contributed by atoms with van der Waals surface area (Å²) >= 11 is 11.7. The van der Waals surface area contributed by atoms with Crippen molar-refractivity contribution in [3.05, 3.63) is 52.1 Å². The molecule has 0 aliphatic carbocycles. The first-order chi connectivity index (χ1) is 10.5. The summed E-state index contributed by atoms with van der Waals surface area (Å²) in [6.07, 6.45) is 0.544. The number of carbonyl (C=O) groups is 1. The predicted molar refractivity (Wildman–Crippen MR) is 84.1 cm³/mol. The van der Waals surface area contributed by atoms with Gasteiger partial charge in [0.1, 0.15) is 11.8 Å². The number of nitriles is 1. The second kappa shape index (κ2) is 7.12. The van der Waals surface area contributed by atoms with Crippen LogP contribution in [0.5, 0.6) is 5.75 Å². The van der Waals surface area contributed by atoms with Crippen molar-refractivity contribution in [2.45, 2.75) is 13.0 Å². The maximum atomic E-state index is 12.1. The Balaban J connectivity index is 2.08. The molecule has 7 heteroatoms. The molecule has 0 fully saturated rings. The van der Waals surface area contributed by atoms with E-state index in [2.05, 4.69) is 10.3 Å². The fraction of sp³-hybridized carbons (Fsp3) is 0.133. The highest BCUT2D eigenvalue weighted by Crippen LogP contribution is 2.23. The summed E-state index contributed by atoms with van der Waals surface area (Å²) in [5.41, 5.74) is 0.352. The molecular formula is C15H11Cl2N3O2. The molecule has 0 radical (unpaired) electrons. The minimum Gasteiger partial charge on any atom is -0.480 e. The Kier molecular flexibility index (Phi) is 5.21. The number of anilines is 1. The quantitative estimate of drug-likeness (QED) is 0.924. The molecule has 1 atom stereocenters. The van der Waals surface area contributed by atoms with Gasteiger partial charge in [0.15, 0.2) is 11.9 Å². The molecule has 1 N–H and O–H groups in total. The first kappa shape index (κ1) is 16.1. The number of pyridine rings is 1. The number of nitrogens with one attached hydrogen (secondary N) is 1. The zero-order chi connectivity index (χ0) is 16.1. The van der Waals surface area contributed by atoms with Gasteiger partial charge in [-0.25, -0.2) is 4.98 Å². The average Bonchev–Trinajstić information content (AvgIpc) is 2.50. The van der Waals surface area contributed by atoms with Gasteiger partial charge in [-0.15, -0.1) is 0 Å². The van der Waals surface area contributed by atoms with E-state index in [1.807, 2.05) is 6.07 Å². The molecule has 22 heavy (non-hydrogen) atoms. The average molecular weight is 336 g/mol. The minimum absolute atomic E-state index is 0.195. The number of para-hydroxylation sites is 1. The number of aromatic nitrogens is 1. The van der Waals surface area contributed by atoms with Crippen molar-refractivity contribution in [2.24, 2.45) is 0 Å². The monoisotopic (exact) mass is 335 g/mol. The number of rotatable bonds is 4. The van der Waals surface area contributed by atoms with Gasteiger partial charge in [-0.2, -0.15) is 5.26 Å². The molecule has 1 amide bonds. The van der Waals surface area contributed by atoms with Crippen LogP contribution in [-0.4, -0.2) is 17.0 Å². The molecule has 5 nitrogen and oxygen atoms in total. The fourth-order valence-electron chi connectivity index (χ4n) is 1.63. The van der Waals surface area contributed by atoms with Crippen LogP contribution >= 0.6 is 23.2 Å². The molecule has 2 rings (SSSR count). The van der Waals surface area contributed by atoms with E-state index in [1.165, 1.54) is 12.3 Å². The van der Waals surface area contributed by atoms with Gasteiger partial charge in [0.2, 0.25) is 0 Å². The van der Waals surface area contributed by atoms with Crippen LogP contribution < -0.4 is 10.1 Å². The van der Waals surface area contributed by atoms with Gasteiger partial charge in [-0.1, -0.05) is 35.3 Å². The van der Waals surface area contributed by atoms with Gasteiger partial charge in [-0.05, 0) is 25.1 Å². The Bertz CT molecular complexity index is 744. The molecule has 112 valence electrons. The fourth-order valence-corrected chi connectivity index (χ4v) is 2.06. The summed E-state index contributed by atoms with van der Waals surface area (Å²) in [6.45, 7) is 1.56. The molecule has 1 unspecified atom stereocenters. The Hall–Kier alpha value is -2.29. The molecular weight excluding hydrogens is 325 g/mol. The predicted octanol–water partition coefficient (Wildman–Crippen LogP) is 3.67. The SMILES string of the molecule is CC(Oc1ccccc1C#N)C(=O)Nc1ncc(Cl)cc1Cl. The second-order valence-electron chi connectivity index (χ2n) is 4.34. The lowest BCUT2D eigenvalue weighted by Gasteiger charge is -2.15. The minimum atomic E-state index is -0.831. The zero-order valence-corrected chi connectivity index (χ0v) is 13.0. The Labute approximate surface area is 137 Å². The Morgan fingerprint density at radius 2 is 2.14 bits per heavy atom. The molecule has 0 spiro atoms. The molecule has 0 saturated heterocycles. The van der Waals surface area contributed by atoms with Gasteiger partial charge in [0, 0.05) is 6.20 Å². The number of nitrogens with zero attached hydrogens (tertiary/aromatic N) is 2. The molecule has 0 bridgehead atoms. The number of carbonyl (C=O) groups excluding carboxylic acids is 1. The lowest BCUT2D eigenvalue weighted by Crippen LogP contribution is -2.30. The molecule has 0 saturated carbocycles. The first-order valence-corrected chi connectivity index (χ1v) is 7.04. The van der Waals surface area contributed by atoms with Crippen LogP contribution in [0.4, 0.5) is 5.82 Å². The number of amides is 1. The third-order valence-corrected chi connectivity index (χ3v) is 3.22. The van der Waals surface area contributed by atoms with Crippen LogP contribution in [0.2, 0.25) is 10.0 Å². The van der Waals surface area contributed by atoms with Crippen LogP contribution in [0.25, 0.3) is 0 Å². The smallest absolute Gasteiger partial charge is 0.266 e. The molecule has 2 aromatic rings. The standard InChI is InChI=1S/C15H11Cl2N3O2/c1-9(22-13-5-3-2-4-10(13)7-18)15(21)20-14-12(17)6-11(16)8-19-14/h2-6,8-9H,1H3,(H,19,20,21). The van der Waals surface area contributed by atoms with E-state index >= 15 is 0 Å². The molecule has 1 heterocycles. The summed E-state index contributed by atoms with van der Waals surface area (Å²) in [5.74, 6) is 0.0902. The summed E-state index contributed by atoms with van der Waals surface area (Å²) in [4.78, 5) is 16.0. The lowest BCUT2D eigenvalue weighted by molar-refractivity contribution is -0.122. The van der Waals surface area contributed by atoms with Gasteiger partial charge in [0.05, 0.1) is 15.6 Å². The number of ether oxygens (including phenoxy) is 1. The third kappa shape index (κ3) is 3.88. The van der Waals surface area contributed by atoms with E-state index in [0.717, 1.165) is 0 Å². The summed E-state index contributed by atoms with van der Waals surface area (Å²) < 4.78 is 5.50. The highest BCUT2D eigenvalue weighted by atomic mass is 35.5. The van der Waals surface area contributed by atoms with E-state index in [0.29, 0.717) is 16.3 Å². The van der Waals surface area contributed by atoms with Crippen LogP contribution in [0.3, 0.4) is 0 Å². The van der Waals surface area contributed by atoms with Crippen LogP contribution in [0.15, 0.2) is 36.5 Å². The Morgan fingerprint density at radius 1 is 1.41 bits per heavy atom.